The molecule has 0 saturated heterocycles. The van der Waals surface area contributed by atoms with E-state index in [-0.39, 0.29) is 11.8 Å². The van der Waals surface area contributed by atoms with Gasteiger partial charge in [-0.3, -0.25) is 4.79 Å². The second kappa shape index (κ2) is 7.22. The van der Waals surface area contributed by atoms with Crippen molar-refractivity contribution in [3.63, 3.8) is 0 Å². The first kappa shape index (κ1) is 16.4. The van der Waals surface area contributed by atoms with Crippen LogP contribution in [0.3, 0.4) is 0 Å². The van der Waals surface area contributed by atoms with Gasteiger partial charge in [0.1, 0.15) is 5.82 Å². The first-order chi connectivity index (χ1) is 9.40. The molecule has 1 heterocycles. The highest BCUT2D eigenvalue weighted by atomic mass is 16.2. The van der Waals surface area contributed by atoms with Crippen LogP contribution in [0, 0.1) is 5.92 Å². The molecule has 5 heteroatoms. The predicted octanol–water partition coefficient (Wildman–Crippen LogP) is 2.76. The lowest BCUT2D eigenvalue weighted by molar-refractivity contribution is 0.0740. The molecule has 112 valence electrons. The van der Waals surface area contributed by atoms with Crippen molar-refractivity contribution >= 4 is 11.6 Å². The summed E-state index contributed by atoms with van der Waals surface area (Å²) in [5.41, 5.74) is 1.15. The third-order valence-corrected chi connectivity index (χ3v) is 3.05. The van der Waals surface area contributed by atoms with E-state index in [1.54, 1.807) is 13.2 Å². The summed E-state index contributed by atoms with van der Waals surface area (Å²) in [6.45, 7) is 11.7. The lowest BCUT2D eigenvalue weighted by Gasteiger charge is -2.23. The molecule has 1 aromatic rings. The van der Waals surface area contributed by atoms with Crippen LogP contribution in [0.25, 0.3) is 0 Å². The van der Waals surface area contributed by atoms with Gasteiger partial charge in [0.2, 0.25) is 0 Å². The number of carbonyl (C=O) groups is 1. The largest absolute Gasteiger partial charge is 0.385 e. The molecule has 1 aromatic heterocycles. The maximum absolute atomic E-state index is 12.7. The normalized spacial score (nSPS) is 11.0. The molecule has 0 saturated carbocycles. The fourth-order valence-electron chi connectivity index (χ4n) is 1.97. The van der Waals surface area contributed by atoms with E-state index >= 15 is 0 Å². The predicted molar refractivity (Wildman–Crippen MR) is 82.1 cm³/mol. The average molecular weight is 278 g/mol. The lowest BCUT2D eigenvalue weighted by atomic mass is 10.1. The van der Waals surface area contributed by atoms with E-state index in [0.29, 0.717) is 29.7 Å². The minimum Gasteiger partial charge on any atom is -0.385 e. The summed E-state index contributed by atoms with van der Waals surface area (Å²) >= 11 is 0. The zero-order valence-corrected chi connectivity index (χ0v) is 13.4. The second-order valence-electron chi connectivity index (χ2n) is 5.63. The van der Waals surface area contributed by atoms with Gasteiger partial charge < -0.3 is 10.2 Å². The van der Waals surface area contributed by atoms with Crippen molar-refractivity contribution in [1.82, 2.24) is 14.9 Å². The van der Waals surface area contributed by atoms with Crippen LogP contribution in [-0.4, -0.2) is 40.9 Å². The Balaban J connectivity index is 3.14. The molecular formula is C15H26N4O. The van der Waals surface area contributed by atoms with Gasteiger partial charge in [-0.25, -0.2) is 9.97 Å². The van der Waals surface area contributed by atoms with Crippen LogP contribution in [0.4, 0.5) is 5.69 Å². The molecule has 0 aliphatic heterocycles. The summed E-state index contributed by atoms with van der Waals surface area (Å²) in [5.74, 6) is 1.30. The van der Waals surface area contributed by atoms with Crippen LogP contribution < -0.4 is 5.32 Å². The number of nitrogens with zero attached hydrogens (tertiary/aromatic N) is 3. The van der Waals surface area contributed by atoms with Crippen LogP contribution in [0.5, 0.6) is 0 Å². The highest BCUT2D eigenvalue weighted by Crippen LogP contribution is 2.18. The number of rotatable bonds is 6. The summed E-state index contributed by atoms with van der Waals surface area (Å²) in [4.78, 5) is 23.2. The van der Waals surface area contributed by atoms with Gasteiger partial charge in [0.15, 0.2) is 5.69 Å². The van der Waals surface area contributed by atoms with Crippen molar-refractivity contribution in [2.75, 3.05) is 25.5 Å². The fraction of sp³-hybridized carbons (Fsp3) is 0.667. The topological polar surface area (TPSA) is 58.1 Å². The molecule has 0 spiro atoms. The van der Waals surface area contributed by atoms with E-state index in [2.05, 4.69) is 29.1 Å². The number of hydrogen-bond donors (Lipinski definition) is 1. The standard InChI is InChI=1S/C15H26N4O/c1-7-19(9-10(2)3)15(20)13-12(16-6)8-17-14(18-13)11(4)5/h8,10-11,16H,7,9H2,1-6H3. The molecule has 0 unspecified atom stereocenters. The molecule has 0 aromatic carbocycles. The summed E-state index contributed by atoms with van der Waals surface area (Å²) in [6, 6.07) is 0. The Bertz CT molecular complexity index is 457. The lowest BCUT2D eigenvalue weighted by Crippen LogP contribution is -2.35. The SMILES string of the molecule is CCN(CC(C)C)C(=O)c1nc(C(C)C)ncc1NC. The van der Waals surface area contributed by atoms with E-state index < -0.39 is 0 Å². The second-order valence-corrected chi connectivity index (χ2v) is 5.63. The van der Waals surface area contributed by atoms with Crippen LogP contribution in [0.1, 0.15) is 56.8 Å². The van der Waals surface area contributed by atoms with Gasteiger partial charge in [-0.1, -0.05) is 27.7 Å². The molecule has 20 heavy (non-hydrogen) atoms. The van der Waals surface area contributed by atoms with E-state index in [1.807, 2.05) is 25.7 Å². The van der Waals surface area contributed by atoms with Gasteiger partial charge in [-0.05, 0) is 12.8 Å². The van der Waals surface area contributed by atoms with E-state index in [1.165, 1.54) is 0 Å². The minimum absolute atomic E-state index is 0.0325. The molecule has 1 N–H and O–H groups in total. The van der Waals surface area contributed by atoms with Gasteiger partial charge in [0, 0.05) is 26.1 Å². The third-order valence-electron chi connectivity index (χ3n) is 3.05. The maximum Gasteiger partial charge on any atom is 0.274 e. The zero-order chi connectivity index (χ0) is 15.3. The summed E-state index contributed by atoms with van der Waals surface area (Å²) < 4.78 is 0. The number of amides is 1. The number of anilines is 1. The molecule has 0 aliphatic carbocycles. The average Bonchev–Trinajstić information content (AvgIpc) is 2.42. The Morgan fingerprint density at radius 1 is 1.35 bits per heavy atom. The number of carbonyl (C=O) groups excluding carboxylic acids is 1. The number of hydrogen-bond acceptors (Lipinski definition) is 4. The van der Waals surface area contributed by atoms with Gasteiger partial charge in [-0.15, -0.1) is 0 Å². The van der Waals surface area contributed by atoms with Crippen molar-refractivity contribution in [2.24, 2.45) is 5.92 Å². The van der Waals surface area contributed by atoms with Gasteiger partial charge in [-0.2, -0.15) is 0 Å². The highest BCUT2D eigenvalue weighted by molar-refractivity contribution is 5.97. The quantitative estimate of drug-likeness (QED) is 0.869. The first-order valence-corrected chi connectivity index (χ1v) is 7.24. The Morgan fingerprint density at radius 3 is 2.45 bits per heavy atom. The minimum atomic E-state index is -0.0325. The molecule has 1 amide bonds. The van der Waals surface area contributed by atoms with Gasteiger partial charge in [0.25, 0.3) is 5.91 Å². The van der Waals surface area contributed by atoms with Gasteiger partial charge >= 0.3 is 0 Å². The zero-order valence-electron chi connectivity index (χ0n) is 13.4. The first-order valence-electron chi connectivity index (χ1n) is 7.24. The Morgan fingerprint density at radius 2 is 2.00 bits per heavy atom. The van der Waals surface area contributed by atoms with Crippen LogP contribution in [0.15, 0.2) is 6.20 Å². The van der Waals surface area contributed by atoms with Crippen molar-refractivity contribution in [1.29, 1.82) is 0 Å². The van der Waals surface area contributed by atoms with Crippen molar-refractivity contribution in [2.45, 2.75) is 40.5 Å². The summed E-state index contributed by atoms with van der Waals surface area (Å²) in [5, 5.41) is 3.00. The summed E-state index contributed by atoms with van der Waals surface area (Å²) in [6.07, 6.45) is 1.69. The molecule has 0 radical (unpaired) electrons. The van der Waals surface area contributed by atoms with Crippen LogP contribution in [-0.2, 0) is 0 Å². The molecule has 0 aliphatic rings. The number of aromatic nitrogens is 2. The van der Waals surface area contributed by atoms with E-state index in [9.17, 15) is 4.79 Å². The number of nitrogens with one attached hydrogen (secondary N) is 1. The molecular weight excluding hydrogens is 252 g/mol. The van der Waals surface area contributed by atoms with E-state index in [4.69, 9.17) is 0 Å². The molecule has 1 rings (SSSR count). The van der Waals surface area contributed by atoms with Crippen molar-refractivity contribution < 1.29 is 4.79 Å². The monoisotopic (exact) mass is 278 g/mol. The Kier molecular flexibility index (Phi) is 5.92. The highest BCUT2D eigenvalue weighted by Gasteiger charge is 2.21. The Labute approximate surface area is 121 Å². The van der Waals surface area contributed by atoms with Crippen molar-refractivity contribution in [3.05, 3.63) is 17.7 Å². The Hall–Kier alpha value is -1.65. The smallest absolute Gasteiger partial charge is 0.274 e. The fourth-order valence-corrected chi connectivity index (χ4v) is 1.97. The van der Waals surface area contributed by atoms with Crippen molar-refractivity contribution in [3.8, 4) is 0 Å². The van der Waals surface area contributed by atoms with Gasteiger partial charge in [0.05, 0.1) is 11.9 Å². The van der Waals surface area contributed by atoms with E-state index in [0.717, 1.165) is 6.54 Å². The molecule has 0 bridgehead atoms. The maximum atomic E-state index is 12.7. The third kappa shape index (κ3) is 3.92. The summed E-state index contributed by atoms with van der Waals surface area (Å²) in [7, 11) is 1.78. The van der Waals surface area contributed by atoms with Crippen LogP contribution in [0.2, 0.25) is 0 Å². The van der Waals surface area contributed by atoms with Crippen LogP contribution >= 0.6 is 0 Å². The molecule has 0 fully saturated rings. The molecule has 0 atom stereocenters. The molecule has 5 nitrogen and oxygen atoms in total.